The summed E-state index contributed by atoms with van der Waals surface area (Å²) < 4.78 is 58.3. The maximum absolute atomic E-state index is 14.0. The first kappa shape index (κ1) is 24.6. The van der Waals surface area contributed by atoms with Crippen molar-refractivity contribution in [2.45, 2.75) is 33.6 Å². The van der Waals surface area contributed by atoms with Crippen molar-refractivity contribution in [3.05, 3.63) is 47.0 Å². The molecule has 8 heteroatoms. The van der Waals surface area contributed by atoms with Gasteiger partial charge < -0.3 is 19.1 Å². The van der Waals surface area contributed by atoms with E-state index >= 15 is 0 Å². The van der Waals surface area contributed by atoms with Crippen LogP contribution in [0.1, 0.15) is 30.5 Å². The zero-order valence-electron chi connectivity index (χ0n) is 19.8. The maximum Gasteiger partial charge on any atom is 0.418 e. The summed E-state index contributed by atoms with van der Waals surface area (Å²) in [5.41, 5.74) is 2.25. The molecule has 1 heterocycles. The van der Waals surface area contributed by atoms with Gasteiger partial charge in [-0.25, -0.2) is 4.98 Å². The van der Waals surface area contributed by atoms with Crippen LogP contribution < -0.4 is 14.4 Å². The Morgan fingerprint density at radius 3 is 2.03 bits per heavy atom. The summed E-state index contributed by atoms with van der Waals surface area (Å²) >= 11 is 0. The van der Waals surface area contributed by atoms with Crippen molar-refractivity contribution in [1.82, 2.24) is 4.98 Å². The van der Waals surface area contributed by atoms with E-state index < -0.39 is 11.7 Å². The summed E-state index contributed by atoms with van der Waals surface area (Å²) in [5, 5.41) is 0.462. The second kappa shape index (κ2) is 9.87. The average Bonchev–Trinajstić information content (AvgIpc) is 2.78. The highest BCUT2D eigenvalue weighted by molar-refractivity contribution is 5.97. The van der Waals surface area contributed by atoms with Crippen molar-refractivity contribution in [2.75, 3.05) is 39.3 Å². The van der Waals surface area contributed by atoms with Gasteiger partial charge in [0.2, 0.25) is 0 Å². The van der Waals surface area contributed by atoms with Gasteiger partial charge in [0.15, 0.2) is 0 Å². The molecule has 0 radical (unpaired) electrons. The normalized spacial score (nSPS) is 11.7. The highest BCUT2D eigenvalue weighted by Gasteiger charge is 2.34. The average molecular weight is 463 g/mol. The number of anilines is 1. The van der Waals surface area contributed by atoms with Gasteiger partial charge in [0.05, 0.1) is 43.2 Å². The Bertz CT molecular complexity index is 1120. The lowest BCUT2D eigenvalue weighted by atomic mass is 9.98. The number of alkyl halides is 3. The van der Waals surface area contributed by atoms with Gasteiger partial charge in [0.25, 0.3) is 0 Å². The van der Waals surface area contributed by atoms with E-state index in [2.05, 4.69) is 4.98 Å². The standard InChI is InChI=1S/C25H29F3N2O3/c1-7-30(8-2)19-10-9-18(25(26,27)28)24-17(19)11-15(3)23(29-24)22-20(32-5)12-16(14-31-4)13-21(22)33-6/h9-13H,7-8,14H2,1-6H3. The van der Waals surface area contributed by atoms with Crippen LogP contribution in [-0.4, -0.2) is 39.4 Å². The number of pyridine rings is 1. The summed E-state index contributed by atoms with van der Waals surface area (Å²) in [6.07, 6.45) is -4.55. The minimum Gasteiger partial charge on any atom is -0.496 e. The molecule has 0 aliphatic rings. The van der Waals surface area contributed by atoms with Crippen LogP contribution in [-0.2, 0) is 17.5 Å². The molecule has 1 aromatic heterocycles. The topological polar surface area (TPSA) is 43.8 Å². The molecule has 3 rings (SSSR count). The van der Waals surface area contributed by atoms with Crippen molar-refractivity contribution in [3.63, 3.8) is 0 Å². The molecule has 3 aromatic rings. The van der Waals surface area contributed by atoms with Gasteiger partial charge in [0.1, 0.15) is 11.5 Å². The predicted molar refractivity (Wildman–Crippen MR) is 124 cm³/mol. The van der Waals surface area contributed by atoms with Crippen molar-refractivity contribution in [1.29, 1.82) is 0 Å². The second-order valence-electron chi connectivity index (χ2n) is 7.66. The van der Waals surface area contributed by atoms with Crippen LogP contribution in [0.2, 0.25) is 0 Å². The number of fused-ring (bicyclic) bond motifs is 1. The van der Waals surface area contributed by atoms with E-state index in [1.807, 2.05) is 25.7 Å². The van der Waals surface area contributed by atoms with Crippen LogP contribution in [0, 0.1) is 6.92 Å². The van der Waals surface area contributed by atoms with Gasteiger partial charge in [-0.1, -0.05) is 0 Å². The number of ether oxygens (including phenoxy) is 3. The molecule has 178 valence electrons. The number of nitrogens with zero attached hydrogens (tertiary/aromatic N) is 2. The molecule has 0 bridgehead atoms. The van der Waals surface area contributed by atoms with Crippen LogP contribution in [0.25, 0.3) is 22.2 Å². The fourth-order valence-corrected chi connectivity index (χ4v) is 4.12. The third-order valence-electron chi connectivity index (χ3n) is 5.67. The molecule has 0 aliphatic carbocycles. The van der Waals surface area contributed by atoms with E-state index in [1.165, 1.54) is 20.3 Å². The third-order valence-corrected chi connectivity index (χ3v) is 5.67. The maximum atomic E-state index is 14.0. The zero-order chi connectivity index (χ0) is 24.3. The number of hydrogen-bond donors (Lipinski definition) is 0. The third kappa shape index (κ3) is 4.71. The molecular formula is C25H29F3N2O3. The Morgan fingerprint density at radius 2 is 1.55 bits per heavy atom. The molecule has 33 heavy (non-hydrogen) atoms. The minimum atomic E-state index is -4.55. The van der Waals surface area contributed by atoms with Gasteiger partial charge in [-0.05, 0) is 62.2 Å². The summed E-state index contributed by atoms with van der Waals surface area (Å²) in [6.45, 7) is 7.44. The molecule has 5 nitrogen and oxygen atoms in total. The Hall–Kier alpha value is -3.00. The molecular weight excluding hydrogens is 433 g/mol. The van der Waals surface area contributed by atoms with Crippen LogP contribution in [0.3, 0.4) is 0 Å². The van der Waals surface area contributed by atoms with E-state index in [1.54, 1.807) is 25.3 Å². The van der Waals surface area contributed by atoms with Gasteiger partial charge in [-0.2, -0.15) is 13.2 Å². The van der Waals surface area contributed by atoms with Crippen molar-refractivity contribution >= 4 is 16.6 Å². The Labute approximate surface area is 192 Å². The Kier molecular flexibility index (Phi) is 7.37. The summed E-state index contributed by atoms with van der Waals surface area (Å²) in [5.74, 6) is 0.898. The Balaban J connectivity index is 2.40. The summed E-state index contributed by atoms with van der Waals surface area (Å²) in [4.78, 5) is 6.60. The molecule has 0 spiro atoms. The SMILES string of the molecule is CCN(CC)c1ccc(C(F)(F)F)c2nc(-c3c(OC)cc(COC)cc3OC)c(C)cc12. The molecule has 0 saturated carbocycles. The van der Waals surface area contributed by atoms with Crippen LogP contribution >= 0.6 is 0 Å². The molecule has 0 fully saturated rings. The van der Waals surface area contributed by atoms with Crippen LogP contribution in [0.5, 0.6) is 11.5 Å². The first-order valence-electron chi connectivity index (χ1n) is 10.7. The molecule has 2 aromatic carbocycles. The van der Waals surface area contributed by atoms with Crippen molar-refractivity contribution in [2.24, 2.45) is 0 Å². The van der Waals surface area contributed by atoms with Crippen LogP contribution in [0.15, 0.2) is 30.3 Å². The monoisotopic (exact) mass is 462 g/mol. The molecule has 0 atom stereocenters. The van der Waals surface area contributed by atoms with E-state index in [4.69, 9.17) is 14.2 Å². The summed E-state index contributed by atoms with van der Waals surface area (Å²) in [6, 6.07) is 7.97. The zero-order valence-corrected chi connectivity index (χ0v) is 19.8. The highest BCUT2D eigenvalue weighted by Crippen LogP contribution is 2.44. The van der Waals surface area contributed by atoms with E-state index in [-0.39, 0.29) is 5.52 Å². The predicted octanol–water partition coefficient (Wildman–Crippen LogP) is 6.24. The smallest absolute Gasteiger partial charge is 0.418 e. The van der Waals surface area contributed by atoms with Crippen molar-refractivity contribution < 1.29 is 27.4 Å². The number of rotatable bonds is 8. The molecule has 0 N–H and O–H groups in total. The Morgan fingerprint density at radius 1 is 0.939 bits per heavy atom. The van der Waals surface area contributed by atoms with Gasteiger partial charge in [0, 0.05) is 31.3 Å². The molecule has 0 saturated heterocycles. The fourth-order valence-electron chi connectivity index (χ4n) is 4.12. The van der Waals surface area contributed by atoms with Crippen LogP contribution in [0.4, 0.5) is 18.9 Å². The molecule has 0 amide bonds. The minimum absolute atomic E-state index is 0.0995. The lowest BCUT2D eigenvalue weighted by Crippen LogP contribution is -2.22. The number of hydrogen-bond acceptors (Lipinski definition) is 5. The van der Waals surface area contributed by atoms with E-state index in [0.717, 1.165) is 17.3 Å². The number of methoxy groups -OCH3 is 3. The number of aryl methyl sites for hydroxylation is 1. The summed E-state index contributed by atoms with van der Waals surface area (Å²) in [7, 11) is 4.59. The van der Waals surface area contributed by atoms with Gasteiger partial charge in [-0.15, -0.1) is 0 Å². The first-order valence-corrected chi connectivity index (χ1v) is 10.7. The van der Waals surface area contributed by atoms with Gasteiger partial charge in [-0.3, -0.25) is 0 Å². The van der Waals surface area contributed by atoms with Gasteiger partial charge >= 0.3 is 6.18 Å². The first-order chi connectivity index (χ1) is 15.7. The largest absolute Gasteiger partial charge is 0.496 e. The van der Waals surface area contributed by atoms with Crippen molar-refractivity contribution in [3.8, 4) is 22.8 Å². The molecule has 0 aliphatic heterocycles. The number of benzene rings is 2. The van der Waals surface area contributed by atoms with E-state index in [9.17, 15) is 13.2 Å². The second-order valence-corrected chi connectivity index (χ2v) is 7.66. The van der Waals surface area contributed by atoms with E-state index in [0.29, 0.717) is 53.4 Å². The number of halogens is 3. The number of aromatic nitrogens is 1. The molecule has 0 unspecified atom stereocenters. The highest BCUT2D eigenvalue weighted by atomic mass is 19.4. The lowest BCUT2D eigenvalue weighted by molar-refractivity contribution is -0.136. The lowest BCUT2D eigenvalue weighted by Gasteiger charge is -2.25. The fraction of sp³-hybridized carbons (Fsp3) is 0.400. The quantitative estimate of drug-likeness (QED) is 0.397.